The highest BCUT2D eigenvalue weighted by atomic mass is 16.1. The molecule has 8 nitrogen and oxygen atoms in total. The van der Waals surface area contributed by atoms with Crippen molar-refractivity contribution in [2.45, 2.75) is 37.6 Å². The molecule has 3 aromatic heterocycles. The quantitative estimate of drug-likeness (QED) is 0.424. The molecular formula is C29H33N7O. The maximum atomic E-state index is 12.7. The van der Waals surface area contributed by atoms with E-state index in [9.17, 15) is 4.79 Å². The van der Waals surface area contributed by atoms with Crippen LogP contribution < -0.4 is 10.9 Å². The largest absolute Gasteiger partial charge is 0.340 e. The van der Waals surface area contributed by atoms with Crippen molar-refractivity contribution >= 4 is 22.3 Å². The number of nitrogens with zero attached hydrogens (tertiary/aromatic N) is 5. The number of hydrogen-bond donors (Lipinski definition) is 2. The van der Waals surface area contributed by atoms with E-state index in [4.69, 9.17) is 4.98 Å². The van der Waals surface area contributed by atoms with Crippen LogP contribution in [0.2, 0.25) is 0 Å². The zero-order valence-electron chi connectivity index (χ0n) is 21.2. The highest BCUT2D eigenvalue weighted by molar-refractivity contribution is 5.95. The summed E-state index contributed by atoms with van der Waals surface area (Å²) in [7, 11) is 2.22. The van der Waals surface area contributed by atoms with Crippen LogP contribution in [0.4, 0.5) is 11.5 Å². The highest BCUT2D eigenvalue weighted by Crippen LogP contribution is 2.36. The van der Waals surface area contributed by atoms with E-state index < -0.39 is 0 Å². The van der Waals surface area contributed by atoms with Crippen LogP contribution in [0.25, 0.3) is 22.0 Å². The summed E-state index contributed by atoms with van der Waals surface area (Å²) in [5.74, 6) is 1.14. The van der Waals surface area contributed by atoms with Crippen LogP contribution >= 0.6 is 0 Å². The molecule has 4 heterocycles. The third-order valence-corrected chi connectivity index (χ3v) is 8.01. The number of nitrogens with one attached hydrogen (secondary N) is 2. The SMILES string of the molecule is CN1CCN([C@H]2CC[C@H](c3ccc(Nc4nc(-c5cncnc5)cc5cc[nH]c(=O)c45)cc3)CC2)CC1. The lowest BCUT2D eigenvalue weighted by molar-refractivity contribution is 0.0878. The normalized spacial score (nSPS) is 21.2. The molecule has 8 heteroatoms. The van der Waals surface area contributed by atoms with Crippen LogP contribution in [-0.4, -0.2) is 69.0 Å². The van der Waals surface area contributed by atoms with E-state index in [1.54, 1.807) is 18.6 Å². The second-order valence-electron chi connectivity index (χ2n) is 10.3. The van der Waals surface area contributed by atoms with Gasteiger partial charge in [-0.1, -0.05) is 12.1 Å². The van der Waals surface area contributed by atoms with Crippen molar-refractivity contribution in [1.82, 2.24) is 29.7 Å². The molecule has 0 radical (unpaired) electrons. The topological polar surface area (TPSA) is 90.0 Å². The third-order valence-electron chi connectivity index (χ3n) is 8.01. The summed E-state index contributed by atoms with van der Waals surface area (Å²) in [4.78, 5) is 33.6. The Morgan fingerprint density at radius 3 is 2.41 bits per heavy atom. The standard InChI is InChI=1S/C29H33N7O/c1-35-12-14-36(15-13-35)25-8-4-21(5-9-25)20-2-6-24(7-3-20)33-28-27-22(10-11-32-29(27)37)16-26(34-28)23-17-30-19-31-18-23/h2-3,6-7,10-11,16-19,21,25H,4-5,8-9,12-15H2,1H3,(H,32,37)(H,33,34)/t21-,25-. The Bertz CT molecular complexity index is 1400. The number of hydrogen-bond acceptors (Lipinski definition) is 7. The van der Waals surface area contributed by atoms with E-state index in [0.29, 0.717) is 17.1 Å². The molecule has 0 amide bonds. The van der Waals surface area contributed by atoms with Gasteiger partial charge in [-0.15, -0.1) is 0 Å². The molecule has 37 heavy (non-hydrogen) atoms. The smallest absolute Gasteiger partial charge is 0.259 e. The second kappa shape index (κ2) is 10.4. The van der Waals surface area contributed by atoms with Gasteiger partial charge in [0.1, 0.15) is 12.1 Å². The summed E-state index contributed by atoms with van der Waals surface area (Å²) in [6, 6.07) is 13.2. The first-order valence-electron chi connectivity index (χ1n) is 13.2. The van der Waals surface area contributed by atoms with Crippen LogP contribution in [0, 0.1) is 0 Å². The number of benzene rings is 1. The van der Waals surface area contributed by atoms with Crippen LogP contribution in [0.5, 0.6) is 0 Å². The highest BCUT2D eigenvalue weighted by Gasteiger charge is 2.28. The third kappa shape index (κ3) is 5.12. The van der Waals surface area contributed by atoms with Crippen LogP contribution in [-0.2, 0) is 0 Å². The number of H-pyrrole nitrogens is 1. The molecule has 6 rings (SSSR count). The van der Waals surface area contributed by atoms with Crippen LogP contribution in [0.3, 0.4) is 0 Å². The Hall–Kier alpha value is -3.62. The Morgan fingerprint density at radius 2 is 1.68 bits per heavy atom. The second-order valence-corrected chi connectivity index (χ2v) is 10.3. The Balaban J connectivity index is 1.18. The fraction of sp³-hybridized carbons (Fsp3) is 0.379. The van der Waals surface area contributed by atoms with E-state index in [2.05, 4.69) is 61.4 Å². The first-order chi connectivity index (χ1) is 18.1. The molecule has 190 valence electrons. The molecule has 1 aromatic carbocycles. The van der Waals surface area contributed by atoms with Gasteiger partial charge in [0.2, 0.25) is 0 Å². The van der Waals surface area contributed by atoms with Crippen LogP contribution in [0.15, 0.2) is 66.1 Å². The Kier molecular flexibility index (Phi) is 6.68. The van der Waals surface area contributed by atoms with Gasteiger partial charge in [-0.05, 0) is 73.9 Å². The number of likely N-dealkylation sites (N-methyl/N-ethyl adjacent to an activating group) is 1. The van der Waals surface area contributed by atoms with Gasteiger partial charge in [0.15, 0.2) is 0 Å². The van der Waals surface area contributed by atoms with Crippen molar-refractivity contribution in [3.8, 4) is 11.3 Å². The summed E-state index contributed by atoms with van der Waals surface area (Å²) in [5, 5.41) is 4.75. The average Bonchev–Trinajstić information content (AvgIpc) is 2.94. The molecular weight excluding hydrogens is 462 g/mol. The minimum atomic E-state index is -0.169. The molecule has 1 saturated heterocycles. The maximum Gasteiger partial charge on any atom is 0.259 e. The molecule has 0 spiro atoms. The van der Waals surface area contributed by atoms with Crippen molar-refractivity contribution in [3.63, 3.8) is 0 Å². The molecule has 1 saturated carbocycles. The molecule has 1 aliphatic heterocycles. The predicted octanol–water partition coefficient (Wildman–Crippen LogP) is 4.40. The van der Waals surface area contributed by atoms with E-state index in [1.165, 1.54) is 63.8 Å². The lowest BCUT2D eigenvalue weighted by atomic mass is 9.81. The number of piperazine rings is 1. The van der Waals surface area contributed by atoms with Crippen molar-refractivity contribution in [3.05, 3.63) is 77.2 Å². The zero-order valence-corrected chi connectivity index (χ0v) is 21.2. The number of aromatic amines is 1. The van der Waals surface area contributed by atoms with Crippen molar-refractivity contribution in [1.29, 1.82) is 0 Å². The molecule has 2 N–H and O–H groups in total. The zero-order chi connectivity index (χ0) is 25.2. The number of fused-ring (bicyclic) bond motifs is 1. The van der Waals surface area contributed by atoms with Gasteiger partial charge >= 0.3 is 0 Å². The Labute approximate surface area is 216 Å². The molecule has 0 bridgehead atoms. The number of rotatable bonds is 5. The fourth-order valence-corrected chi connectivity index (χ4v) is 5.82. The van der Waals surface area contributed by atoms with Crippen LogP contribution in [0.1, 0.15) is 37.2 Å². The minimum Gasteiger partial charge on any atom is -0.340 e. The lowest BCUT2D eigenvalue weighted by Gasteiger charge is -2.41. The Morgan fingerprint density at radius 1 is 0.946 bits per heavy atom. The van der Waals surface area contributed by atoms with Gasteiger partial charge in [-0.25, -0.2) is 15.0 Å². The maximum absolute atomic E-state index is 12.7. The van der Waals surface area contributed by atoms with Crippen molar-refractivity contribution in [2.24, 2.45) is 0 Å². The van der Waals surface area contributed by atoms with Crippen molar-refractivity contribution in [2.75, 3.05) is 38.5 Å². The lowest BCUT2D eigenvalue weighted by Crippen LogP contribution is -2.49. The van der Waals surface area contributed by atoms with E-state index in [0.717, 1.165) is 28.4 Å². The molecule has 0 atom stereocenters. The van der Waals surface area contributed by atoms with Crippen molar-refractivity contribution < 1.29 is 0 Å². The monoisotopic (exact) mass is 495 g/mol. The van der Waals surface area contributed by atoms with E-state index in [-0.39, 0.29) is 5.56 Å². The first-order valence-corrected chi connectivity index (χ1v) is 13.2. The summed E-state index contributed by atoms with van der Waals surface area (Å²) in [6.45, 7) is 4.78. The number of anilines is 2. The first kappa shape index (κ1) is 23.8. The van der Waals surface area contributed by atoms with E-state index >= 15 is 0 Å². The molecule has 1 aliphatic carbocycles. The summed E-state index contributed by atoms with van der Waals surface area (Å²) < 4.78 is 0. The minimum absolute atomic E-state index is 0.169. The van der Waals surface area contributed by atoms with Gasteiger partial charge in [-0.2, -0.15) is 0 Å². The molecule has 4 aromatic rings. The van der Waals surface area contributed by atoms with Gasteiger partial charge in [0, 0.05) is 62.1 Å². The van der Waals surface area contributed by atoms with Gasteiger partial charge < -0.3 is 15.2 Å². The van der Waals surface area contributed by atoms with Gasteiger partial charge in [0.25, 0.3) is 5.56 Å². The van der Waals surface area contributed by atoms with E-state index in [1.807, 2.05) is 12.1 Å². The molecule has 2 fully saturated rings. The van der Waals surface area contributed by atoms with Gasteiger partial charge in [0.05, 0.1) is 11.1 Å². The molecule has 0 unspecified atom stereocenters. The summed E-state index contributed by atoms with van der Waals surface area (Å²) >= 11 is 0. The predicted molar refractivity (Wildman–Crippen MR) is 147 cm³/mol. The number of aromatic nitrogens is 4. The fourth-order valence-electron chi connectivity index (χ4n) is 5.82. The molecule has 2 aliphatic rings. The summed E-state index contributed by atoms with van der Waals surface area (Å²) in [5.41, 5.74) is 3.66. The van der Waals surface area contributed by atoms with Gasteiger partial charge in [-0.3, -0.25) is 9.69 Å². The summed E-state index contributed by atoms with van der Waals surface area (Å²) in [6.07, 6.45) is 11.7. The average molecular weight is 496 g/mol. The number of pyridine rings is 2.